The molecule has 0 radical (unpaired) electrons. The lowest BCUT2D eigenvalue weighted by Gasteiger charge is -2.37. The Morgan fingerprint density at radius 1 is 1.38 bits per heavy atom. The molecular weight excluding hydrogens is 202 g/mol. The number of aliphatic hydroxyl groups is 1. The highest BCUT2D eigenvalue weighted by Gasteiger charge is 2.22. The molecule has 1 N–H and O–H groups in total. The number of anilines is 1. The summed E-state index contributed by atoms with van der Waals surface area (Å²) < 4.78 is 5.46. The van der Waals surface area contributed by atoms with Gasteiger partial charge in [-0.3, -0.25) is 0 Å². The molecule has 1 atom stereocenters. The third-order valence-corrected chi connectivity index (χ3v) is 3.06. The van der Waals surface area contributed by atoms with E-state index in [1.54, 1.807) is 0 Å². The molecule has 0 aliphatic carbocycles. The van der Waals surface area contributed by atoms with E-state index in [1.807, 2.05) is 0 Å². The molecule has 1 aromatic carbocycles. The predicted molar refractivity (Wildman–Crippen MR) is 64.8 cm³/mol. The van der Waals surface area contributed by atoms with Gasteiger partial charge in [0.05, 0.1) is 19.3 Å². The smallest absolute Gasteiger partial charge is 0.0671 e. The quantitative estimate of drug-likeness (QED) is 0.841. The second-order valence-electron chi connectivity index (χ2n) is 4.27. The molecule has 1 aliphatic rings. The predicted octanol–water partition coefficient (Wildman–Crippen LogP) is 1.58. The Labute approximate surface area is 96.6 Å². The van der Waals surface area contributed by atoms with E-state index < -0.39 is 0 Å². The van der Waals surface area contributed by atoms with Gasteiger partial charge in [-0.25, -0.2) is 0 Å². The maximum atomic E-state index is 9.05. The van der Waals surface area contributed by atoms with Crippen molar-refractivity contribution in [3.8, 4) is 0 Å². The molecule has 2 rings (SSSR count). The first-order valence-electron chi connectivity index (χ1n) is 5.83. The Balaban J connectivity index is 2.13. The average molecular weight is 221 g/mol. The van der Waals surface area contributed by atoms with Gasteiger partial charge in [0, 0.05) is 18.8 Å². The van der Waals surface area contributed by atoms with Gasteiger partial charge in [0.2, 0.25) is 0 Å². The van der Waals surface area contributed by atoms with Crippen molar-refractivity contribution in [3.05, 3.63) is 29.8 Å². The summed E-state index contributed by atoms with van der Waals surface area (Å²) in [6, 6.07) is 8.85. The monoisotopic (exact) mass is 221 g/mol. The second kappa shape index (κ2) is 5.32. The summed E-state index contributed by atoms with van der Waals surface area (Å²) >= 11 is 0. The van der Waals surface area contributed by atoms with Crippen LogP contribution in [0.25, 0.3) is 0 Å². The van der Waals surface area contributed by atoms with Crippen LogP contribution in [0, 0.1) is 6.92 Å². The number of aryl methyl sites for hydroxylation is 1. The zero-order chi connectivity index (χ0) is 11.4. The van der Waals surface area contributed by atoms with Crippen LogP contribution in [0.5, 0.6) is 0 Å². The minimum Gasteiger partial charge on any atom is -0.396 e. The van der Waals surface area contributed by atoms with E-state index in [1.165, 1.54) is 11.3 Å². The molecule has 1 unspecified atom stereocenters. The first kappa shape index (κ1) is 11.4. The molecule has 0 amide bonds. The summed E-state index contributed by atoms with van der Waals surface area (Å²) in [7, 11) is 0. The molecule has 0 saturated carbocycles. The second-order valence-corrected chi connectivity index (χ2v) is 4.27. The first-order valence-corrected chi connectivity index (χ1v) is 5.83. The molecular formula is C13H19NO2. The normalized spacial score (nSPS) is 21.1. The number of nitrogens with zero attached hydrogens (tertiary/aromatic N) is 1. The fourth-order valence-electron chi connectivity index (χ4n) is 2.12. The van der Waals surface area contributed by atoms with E-state index in [-0.39, 0.29) is 6.61 Å². The molecule has 0 aromatic heterocycles. The summed E-state index contributed by atoms with van der Waals surface area (Å²) in [4.78, 5) is 2.33. The third-order valence-electron chi connectivity index (χ3n) is 3.06. The van der Waals surface area contributed by atoms with Crippen molar-refractivity contribution in [1.29, 1.82) is 0 Å². The molecule has 0 spiro atoms. The number of ether oxygens (including phenoxy) is 1. The van der Waals surface area contributed by atoms with Crippen molar-refractivity contribution in [1.82, 2.24) is 0 Å². The van der Waals surface area contributed by atoms with Gasteiger partial charge in [0.15, 0.2) is 0 Å². The van der Waals surface area contributed by atoms with Crippen molar-refractivity contribution in [2.75, 3.05) is 31.3 Å². The van der Waals surface area contributed by atoms with Gasteiger partial charge >= 0.3 is 0 Å². The molecule has 3 heteroatoms. The lowest BCUT2D eigenvalue weighted by Crippen LogP contribution is -2.46. The third kappa shape index (κ3) is 2.54. The number of morpholine rings is 1. The minimum absolute atomic E-state index is 0.219. The van der Waals surface area contributed by atoms with E-state index in [9.17, 15) is 0 Å². The SMILES string of the molecule is Cc1ccc(N2CCOCC2CCO)cc1. The lowest BCUT2D eigenvalue weighted by molar-refractivity contribution is 0.0850. The van der Waals surface area contributed by atoms with Crippen LogP contribution in [0.15, 0.2) is 24.3 Å². The van der Waals surface area contributed by atoms with Crippen LogP contribution in [0.4, 0.5) is 5.69 Å². The van der Waals surface area contributed by atoms with Crippen molar-refractivity contribution >= 4 is 5.69 Å². The van der Waals surface area contributed by atoms with E-state index >= 15 is 0 Å². The highest BCUT2D eigenvalue weighted by molar-refractivity contribution is 5.48. The van der Waals surface area contributed by atoms with Gasteiger partial charge in [0.25, 0.3) is 0 Å². The Hall–Kier alpha value is -1.06. The molecule has 88 valence electrons. The zero-order valence-electron chi connectivity index (χ0n) is 9.72. The maximum Gasteiger partial charge on any atom is 0.0671 e. The topological polar surface area (TPSA) is 32.7 Å². The number of rotatable bonds is 3. The van der Waals surface area contributed by atoms with Gasteiger partial charge in [-0.15, -0.1) is 0 Å². The molecule has 3 nitrogen and oxygen atoms in total. The van der Waals surface area contributed by atoms with E-state index in [0.29, 0.717) is 12.6 Å². The number of hydrogen-bond donors (Lipinski definition) is 1. The van der Waals surface area contributed by atoms with Gasteiger partial charge in [-0.2, -0.15) is 0 Å². The largest absolute Gasteiger partial charge is 0.396 e. The fourth-order valence-corrected chi connectivity index (χ4v) is 2.12. The van der Waals surface area contributed by atoms with E-state index in [2.05, 4.69) is 36.1 Å². The Morgan fingerprint density at radius 3 is 2.81 bits per heavy atom. The summed E-state index contributed by atoms with van der Waals surface area (Å²) in [6.07, 6.45) is 0.772. The minimum atomic E-state index is 0.219. The van der Waals surface area contributed by atoms with Gasteiger partial charge in [0.1, 0.15) is 0 Å². The average Bonchev–Trinajstić information content (AvgIpc) is 2.32. The number of aliphatic hydroxyl groups excluding tert-OH is 1. The molecule has 1 heterocycles. The van der Waals surface area contributed by atoms with Crippen LogP contribution in [0.3, 0.4) is 0 Å². The highest BCUT2D eigenvalue weighted by Crippen LogP contribution is 2.21. The Bertz CT molecular complexity index is 321. The van der Waals surface area contributed by atoms with Crippen molar-refractivity contribution in [2.45, 2.75) is 19.4 Å². The van der Waals surface area contributed by atoms with Gasteiger partial charge < -0.3 is 14.7 Å². The Kier molecular flexibility index (Phi) is 3.80. The van der Waals surface area contributed by atoms with Crippen LogP contribution in [-0.4, -0.2) is 37.5 Å². The molecule has 1 aromatic rings. The van der Waals surface area contributed by atoms with Crippen molar-refractivity contribution in [2.24, 2.45) is 0 Å². The fraction of sp³-hybridized carbons (Fsp3) is 0.538. The molecule has 16 heavy (non-hydrogen) atoms. The number of benzene rings is 1. The molecule has 1 aliphatic heterocycles. The molecule has 0 bridgehead atoms. The standard InChI is InChI=1S/C13H19NO2/c1-11-2-4-12(5-3-11)14-7-9-16-10-13(14)6-8-15/h2-5,13,15H,6-10H2,1H3. The van der Waals surface area contributed by atoms with Crippen molar-refractivity contribution < 1.29 is 9.84 Å². The van der Waals surface area contributed by atoms with Crippen LogP contribution in [0.2, 0.25) is 0 Å². The maximum absolute atomic E-state index is 9.05. The van der Waals surface area contributed by atoms with Crippen LogP contribution >= 0.6 is 0 Å². The summed E-state index contributed by atoms with van der Waals surface area (Å²) in [5.74, 6) is 0. The number of hydrogen-bond acceptors (Lipinski definition) is 3. The van der Waals surface area contributed by atoms with E-state index in [0.717, 1.165) is 19.6 Å². The van der Waals surface area contributed by atoms with Gasteiger partial charge in [-0.1, -0.05) is 17.7 Å². The lowest BCUT2D eigenvalue weighted by atomic mass is 10.1. The van der Waals surface area contributed by atoms with Gasteiger partial charge in [-0.05, 0) is 25.5 Å². The summed E-state index contributed by atoms with van der Waals surface area (Å²) in [5.41, 5.74) is 2.50. The van der Waals surface area contributed by atoms with Crippen LogP contribution in [0.1, 0.15) is 12.0 Å². The Morgan fingerprint density at radius 2 is 2.12 bits per heavy atom. The molecule has 1 saturated heterocycles. The zero-order valence-corrected chi connectivity index (χ0v) is 9.72. The van der Waals surface area contributed by atoms with Crippen LogP contribution in [-0.2, 0) is 4.74 Å². The first-order chi connectivity index (χ1) is 7.81. The summed E-state index contributed by atoms with van der Waals surface area (Å²) in [5, 5.41) is 9.05. The summed E-state index contributed by atoms with van der Waals surface area (Å²) in [6.45, 7) is 4.71. The van der Waals surface area contributed by atoms with Crippen LogP contribution < -0.4 is 4.90 Å². The molecule has 1 fully saturated rings. The highest BCUT2D eigenvalue weighted by atomic mass is 16.5. The van der Waals surface area contributed by atoms with E-state index in [4.69, 9.17) is 9.84 Å². The van der Waals surface area contributed by atoms with Crippen molar-refractivity contribution in [3.63, 3.8) is 0 Å².